The first-order valence-electron chi connectivity index (χ1n) is 8.81. The first-order chi connectivity index (χ1) is 12.7. The van der Waals surface area contributed by atoms with Gasteiger partial charge in [0.15, 0.2) is 11.4 Å². The number of benzene rings is 1. The van der Waals surface area contributed by atoms with Gasteiger partial charge in [-0.1, -0.05) is 0 Å². The Morgan fingerprint density at radius 2 is 1.77 bits per heavy atom. The van der Waals surface area contributed by atoms with Crippen molar-refractivity contribution in [2.75, 3.05) is 40.9 Å². The van der Waals surface area contributed by atoms with Crippen LogP contribution in [-0.2, 0) is 0 Å². The van der Waals surface area contributed by atoms with Crippen molar-refractivity contribution < 1.29 is 9.90 Å². The van der Waals surface area contributed by atoms with Gasteiger partial charge < -0.3 is 14.9 Å². The first kappa shape index (κ1) is 16.4. The third-order valence-electron chi connectivity index (χ3n) is 5.33. The zero-order valence-electron chi connectivity index (χ0n) is 14.2. The van der Waals surface area contributed by atoms with Crippen molar-refractivity contribution in [1.82, 2.24) is 0 Å². The van der Waals surface area contributed by atoms with Crippen LogP contribution in [0.2, 0.25) is 0 Å². The standard InChI is InChI=1S/C19H19N3O2S2/c23-16-15-5-10-26-17(15)20-18-19(16,24)6-7-22(18)14-3-1-13(2-4-14)21-8-11-25-12-9-21/h1-5,10,24H,6-9,11-12H2. The van der Waals surface area contributed by atoms with Crippen LogP contribution in [-0.4, -0.2) is 53.5 Å². The highest BCUT2D eigenvalue weighted by molar-refractivity contribution is 7.99. The van der Waals surface area contributed by atoms with Gasteiger partial charge in [0, 0.05) is 48.9 Å². The van der Waals surface area contributed by atoms with Gasteiger partial charge in [0.05, 0.1) is 5.56 Å². The van der Waals surface area contributed by atoms with Crippen LogP contribution in [0.15, 0.2) is 40.7 Å². The number of carbonyl (C=O) groups excluding carboxylic acids is 1. The van der Waals surface area contributed by atoms with Crippen molar-refractivity contribution in [3.05, 3.63) is 41.3 Å². The first-order valence-corrected chi connectivity index (χ1v) is 10.8. The molecule has 7 heteroatoms. The Bertz CT molecular complexity index is 886. The molecule has 5 nitrogen and oxygen atoms in total. The number of thiophene rings is 1. The van der Waals surface area contributed by atoms with Crippen LogP contribution in [0.25, 0.3) is 0 Å². The minimum absolute atomic E-state index is 0.219. The Kier molecular flexibility index (Phi) is 3.84. The molecule has 1 aromatic carbocycles. The number of nitrogens with zero attached hydrogens (tertiary/aromatic N) is 3. The van der Waals surface area contributed by atoms with E-state index in [1.54, 1.807) is 6.07 Å². The second kappa shape index (κ2) is 6.11. The van der Waals surface area contributed by atoms with Crippen molar-refractivity contribution in [2.24, 2.45) is 4.99 Å². The summed E-state index contributed by atoms with van der Waals surface area (Å²) in [5.74, 6) is 2.59. The van der Waals surface area contributed by atoms with Gasteiger partial charge >= 0.3 is 0 Å². The highest BCUT2D eigenvalue weighted by atomic mass is 32.2. The van der Waals surface area contributed by atoms with Crippen LogP contribution in [0.3, 0.4) is 0 Å². The number of hydrogen-bond donors (Lipinski definition) is 1. The van der Waals surface area contributed by atoms with Gasteiger partial charge in [-0.15, -0.1) is 11.3 Å². The molecule has 5 rings (SSSR count). The van der Waals surface area contributed by atoms with E-state index in [2.05, 4.69) is 34.2 Å². The number of Topliss-reactive ketones (excluding diaryl/α,β-unsaturated/α-hetero) is 1. The molecule has 1 atom stereocenters. The van der Waals surface area contributed by atoms with E-state index < -0.39 is 5.60 Å². The summed E-state index contributed by atoms with van der Waals surface area (Å²) < 4.78 is 0. The topological polar surface area (TPSA) is 56.1 Å². The number of ketones is 1. The summed E-state index contributed by atoms with van der Waals surface area (Å²) in [5, 5.41) is 13.6. The summed E-state index contributed by atoms with van der Waals surface area (Å²) in [7, 11) is 0. The number of thioether (sulfide) groups is 1. The van der Waals surface area contributed by atoms with Crippen molar-refractivity contribution >= 4 is 51.1 Å². The lowest BCUT2D eigenvalue weighted by atomic mass is 9.90. The van der Waals surface area contributed by atoms with Crippen molar-refractivity contribution in [2.45, 2.75) is 12.0 Å². The van der Waals surface area contributed by atoms with Crippen molar-refractivity contribution in [3.63, 3.8) is 0 Å². The Balaban J connectivity index is 1.47. The summed E-state index contributed by atoms with van der Waals surface area (Å²) in [6.45, 7) is 2.75. The molecule has 0 saturated carbocycles. The predicted octanol–water partition coefficient (Wildman–Crippen LogP) is 3.17. The lowest BCUT2D eigenvalue weighted by Crippen LogP contribution is -2.48. The minimum atomic E-state index is -1.49. The lowest BCUT2D eigenvalue weighted by molar-refractivity contribution is 0.0603. The van der Waals surface area contributed by atoms with E-state index in [1.807, 2.05) is 22.0 Å². The quantitative estimate of drug-likeness (QED) is 0.861. The molecule has 134 valence electrons. The molecule has 4 heterocycles. The maximum absolute atomic E-state index is 12.8. The normalized spacial score (nSPS) is 25.1. The molecule has 2 saturated heterocycles. The summed E-state index contributed by atoms with van der Waals surface area (Å²) in [4.78, 5) is 21.8. The SMILES string of the molecule is O=C1c2ccsc2N=C2N(c3ccc(N4CCSCC4)cc3)CCC12O. The fourth-order valence-electron chi connectivity index (χ4n) is 3.88. The Labute approximate surface area is 160 Å². The molecule has 26 heavy (non-hydrogen) atoms. The van der Waals surface area contributed by atoms with Gasteiger partial charge in [-0.3, -0.25) is 4.79 Å². The zero-order chi connectivity index (χ0) is 17.7. The number of hydrogen-bond acceptors (Lipinski definition) is 7. The van der Waals surface area contributed by atoms with Crippen molar-refractivity contribution in [3.8, 4) is 0 Å². The second-order valence-corrected chi connectivity index (χ2v) is 8.90. The minimum Gasteiger partial charge on any atom is -0.374 e. The smallest absolute Gasteiger partial charge is 0.205 e. The molecule has 0 spiro atoms. The van der Waals surface area contributed by atoms with Crippen LogP contribution in [0, 0.1) is 0 Å². The van der Waals surface area contributed by atoms with E-state index in [0.29, 0.717) is 29.4 Å². The number of rotatable bonds is 2. The van der Waals surface area contributed by atoms with Crippen LogP contribution in [0.1, 0.15) is 16.8 Å². The van der Waals surface area contributed by atoms with E-state index in [4.69, 9.17) is 0 Å². The van der Waals surface area contributed by atoms with E-state index in [-0.39, 0.29) is 5.78 Å². The predicted molar refractivity (Wildman–Crippen MR) is 109 cm³/mol. The molecule has 2 fully saturated rings. The lowest BCUT2D eigenvalue weighted by Gasteiger charge is -2.30. The van der Waals surface area contributed by atoms with E-state index in [1.165, 1.54) is 28.5 Å². The number of fused-ring (bicyclic) bond motifs is 2. The molecule has 3 aliphatic heterocycles. The molecule has 0 amide bonds. The zero-order valence-corrected chi connectivity index (χ0v) is 15.9. The van der Waals surface area contributed by atoms with Gasteiger partial charge in [-0.05, 0) is 35.7 Å². The highest BCUT2D eigenvalue weighted by Gasteiger charge is 2.52. The Hall–Kier alpha value is -1.83. The van der Waals surface area contributed by atoms with Crippen LogP contribution in [0.5, 0.6) is 0 Å². The molecule has 1 N–H and O–H groups in total. The van der Waals surface area contributed by atoms with Crippen LogP contribution >= 0.6 is 23.1 Å². The molecular formula is C19H19N3O2S2. The summed E-state index contributed by atoms with van der Waals surface area (Å²) in [6.07, 6.45) is 0.380. The molecule has 2 aromatic rings. The fourth-order valence-corrected chi connectivity index (χ4v) is 5.54. The molecule has 1 aromatic heterocycles. The third-order valence-corrected chi connectivity index (χ3v) is 7.08. The fraction of sp³-hybridized carbons (Fsp3) is 0.368. The average Bonchev–Trinajstić information content (AvgIpc) is 3.28. The maximum atomic E-state index is 12.8. The van der Waals surface area contributed by atoms with E-state index in [0.717, 1.165) is 18.8 Å². The number of amidine groups is 1. The second-order valence-electron chi connectivity index (χ2n) is 6.78. The number of anilines is 2. The molecule has 0 radical (unpaired) electrons. The summed E-state index contributed by atoms with van der Waals surface area (Å²) >= 11 is 3.44. The molecule has 0 aliphatic carbocycles. The number of carbonyl (C=O) groups is 1. The monoisotopic (exact) mass is 385 g/mol. The molecule has 3 aliphatic rings. The van der Waals surface area contributed by atoms with Gasteiger partial charge in [0.2, 0.25) is 5.78 Å². The number of aliphatic imine (C=N–C) groups is 1. The van der Waals surface area contributed by atoms with Gasteiger partial charge in [-0.25, -0.2) is 4.99 Å². The van der Waals surface area contributed by atoms with Crippen molar-refractivity contribution in [1.29, 1.82) is 0 Å². The summed E-state index contributed by atoms with van der Waals surface area (Å²) in [5.41, 5.74) is 1.26. The number of aliphatic hydroxyl groups is 1. The van der Waals surface area contributed by atoms with Gasteiger partial charge in [-0.2, -0.15) is 11.8 Å². The molecular weight excluding hydrogens is 366 g/mol. The van der Waals surface area contributed by atoms with E-state index in [9.17, 15) is 9.90 Å². The average molecular weight is 386 g/mol. The van der Waals surface area contributed by atoms with Gasteiger partial charge in [0.25, 0.3) is 0 Å². The highest BCUT2D eigenvalue weighted by Crippen LogP contribution is 2.41. The maximum Gasteiger partial charge on any atom is 0.205 e. The third kappa shape index (κ3) is 2.41. The largest absolute Gasteiger partial charge is 0.374 e. The molecule has 0 bridgehead atoms. The summed E-state index contributed by atoms with van der Waals surface area (Å²) in [6, 6.07) is 10.2. The van der Waals surface area contributed by atoms with E-state index >= 15 is 0 Å². The van der Waals surface area contributed by atoms with Crippen LogP contribution in [0.4, 0.5) is 16.4 Å². The van der Waals surface area contributed by atoms with Gasteiger partial charge in [0.1, 0.15) is 5.00 Å². The Morgan fingerprint density at radius 1 is 1.04 bits per heavy atom. The van der Waals surface area contributed by atoms with Crippen LogP contribution < -0.4 is 9.80 Å². The Morgan fingerprint density at radius 3 is 2.54 bits per heavy atom. The molecule has 1 unspecified atom stereocenters.